The van der Waals surface area contributed by atoms with Crippen molar-refractivity contribution in [2.45, 2.75) is 95.4 Å². The smallest absolute Gasteiger partial charge is 0.222 e. The van der Waals surface area contributed by atoms with E-state index in [4.69, 9.17) is 35.2 Å². The van der Waals surface area contributed by atoms with Gasteiger partial charge >= 0.3 is 0 Å². The monoisotopic (exact) mass is 734 g/mol. The van der Waals surface area contributed by atoms with Gasteiger partial charge in [-0.05, 0) is 20.0 Å². The fourth-order valence-corrected chi connectivity index (χ4v) is 4.05. The summed E-state index contributed by atoms with van der Waals surface area (Å²) in [5.74, 6) is -0.0300. The Morgan fingerprint density at radius 1 is 0.510 bits per heavy atom. The van der Waals surface area contributed by atoms with Crippen LogP contribution in [0.1, 0.15) is 95.4 Å². The van der Waals surface area contributed by atoms with Crippen LogP contribution in [0.15, 0.2) is 0 Å². The third-order valence-electron chi connectivity index (χ3n) is 7.81. The molecule has 6 N–H and O–H groups in total. The lowest BCUT2D eigenvalue weighted by molar-refractivity contribution is -0.123. The van der Waals surface area contributed by atoms with Gasteiger partial charge in [-0.1, -0.05) is 69.2 Å². The molecule has 0 heterocycles. The van der Waals surface area contributed by atoms with Gasteiger partial charge in [-0.3, -0.25) is 19.3 Å². The second kappa shape index (κ2) is 28.7. The number of nitrogens with one attached hydrogen (secondary N) is 2. The molecule has 0 aromatic carbocycles. The minimum atomic E-state index is -0.200. The van der Waals surface area contributed by atoms with Crippen molar-refractivity contribution in [2.75, 3.05) is 112 Å². The summed E-state index contributed by atoms with van der Waals surface area (Å²) in [7, 11) is 0. The van der Waals surface area contributed by atoms with E-state index in [-0.39, 0.29) is 52.1 Å². The minimum Gasteiger partial charge on any atom is -0.380 e. The topological polar surface area (TPSA) is 177 Å². The van der Waals surface area contributed by atoms with Gasteiger partial charge in [0.15, 0.2) is 0 Å². The molecule has 0 spiro atoms. The molecule has 0 aliphatic heterocycles. The summed E-state index contributed by atoms with van der Waals surface area (Å²) in [4.78, 5) is 38.1. The molecule has 13 nitrogen and oxygen atoms in total. The molecule has 0 saturated carbocycles. The Bertz CT molecular complexity index is 855. The third kappa shape index (κ3) is 32.7. The lowest BCUT2D eigenvalue weighted by Crippen LogP contribution is -2.38. The molecule has 0 aromatic rings. The number of carbonyl (C=O) groups excluding carboxylic acids is 3. The van der Waals surface area contributed by atoms with Gasteiger partial charge in [-0.2, -0.15) is 0 Å². The highest BCUT2D eigenvalue weighted by Crippen LogP contribution is 2.19. The summed E-state index contributed by atoms with van der Waals surface area (Å²) in [5, 5.41) is 5.96. The van der Waals surface area contributed by atoms with Crippen molar-refractivity contribution in [3.63, 3.8) is 0 Å². The molecule has 304 valence electrons. The molecular weight excluding hydrogens is 654 g/mol. The van der Waals surface area contributed by atoms with Crippen LogP contribution in [0.4, 0.5) is 0 Å². The molecule has 0 aromatic heterocycles. The lowest BCUT2D eigenvalue weighted by atomic mass is 9.93. The van der Waals surface area contributed by atoms with Crippen LogP contribution in [-0.2, 0) is 38.1 Å². The summed E-state index contributed by atoms with van der Waals surface area (Å²) in [6, 6.07) is 0. The van der Waals surface area contributed by atoms with Crippen LogP contribution in [0.5, 0.6) is 0 Å². The average Bonchev–Trinajstić information content (AvgIpc) is 3.06. The lowest BCUT2D eigenvalue weighted by Gasteiger charge is -2.28. The first kappa shape index (κ1) is 51.4. The molecule has 0 atom stereocenters. The quantitative estimate of drug-likeness (QED) is 0.0746. The van der Waals surface area contributed by atoms with Crippen LogP contribution < -0.4 is 22.1 Å². The molecule has 2 amide bonds. The predicted octanol–water partition coefficient (Wildman–Crippen LogP) is 3.41. The molecule has 0 aliphatic carbocycles. The van der Waals surface area contributed by atoms with E-state index in [0.717, 1.165) is 0 Å². The molecule has 0 bridgehead atoms. The number of amides is 2. The highest BCUT2D eigenvalue weighted by molar-refractivity contribution is 5.76. The second-order valence-electron chi connectivity index (χ2n) is 16.2. The van der Waals surface area contributed by atoms with Gasteiger partial charge in [0.05, 0.1) is 66.1 Å². The summed E-state index contributed by atoms with van der Waals surface area (Å²) < 4.78 is 28.9. The van der Waals surface area contributed by atoms with Crippen LogP contribution in [-0.4, -0.2) is 134 Å². The van der Waals surface area contributed by atoms with Gasteiger partial charge in [0.2, 0.25) is 11.8 Å². The van der Waals surface area contributed by atoms with Crippen LogP contribution in [0.2, 0.25) is 0 Å². The standard InChI is InChI=1S/C36H73N5O8.C2H6/c1-30(42)10-16-45-19-13-41(14-20-46-17-11-31(43)39-24-35(6,7)28-48-26-33(2,3)22-37)15-21-47-18-12-32(44)40-25-36(8,9)29-49-27-34(4,5)23-38;1-2/h10-29,37-38H2,1-9H3,(H,39,43)(H,40,44);1-2H3. The van der Waals surface area contributed by atoms with Crippen molar-refractivity contribution in [1.82, 2.24) is 15.5 Å². The predicted molar refractivity (Wildman–Crippen MR) is 206 cm³/mol. The largest absolute Gasteiger partial charge is 0.380 e. The Hall–Kier alpha value is -1.71. The Morgan fingerprint density at radius 3 is 1.14 bits per heavy atom. The third-order valence-corrected chi connectivity index (χ3v) is 7.81. The number of ketones is 1. The first-order valence-corrected chi connectivity index (χ1v) is 18.9. The van der Waals surface area contributed by atoms with Gasteiger partial charge in [-0.15, -0.1) is 0 Å². The average molecular weight is 734 g/mol. The molecule has 0 radical (unpaired) electrons. The zero-order valence-electron chi connectivity index (χ0n) is 34.5. The highest BCUT2D eigenvalue weighted by Gasteiger charge is 2.23. The molecule has 0 saturated heterocycles. The Balaban J connectivity index is 0. The summed E-state index contributed by atoms with van der Waals surface area (Å²) in [6.07, 6.45) is 0.935. The summed E-state index contributed by atoms with van der Waals surface area (Å²) in [6.45, 7) is 30.7. The Morgan fingerprint density at radius 2 is 0.824 bits per heavy atom. The first-order valence-electron chi connectivity index (χ1n) is 18.9. The summed E-state index contributed by atoms with van der Waals surface area (Å²) >= 11 is 0. The van der Waals surface area contributed by atoms with Gasteiger partial charge in [0.25, 0.3) is 0 Å². The van der Waals surface area contributed by atoms with E-state index in [0.29, 0.717) is 118 Å². The van der Waals surface area contributed by atoms with E-state index in [1.165, 1.54) is 0 Å². The number of nitrogens with two attached hydrogens (primary N) is 2. The molecule has 0 unspecified atom stereocenters. The Labute approximate surface area is 311 Å². The SMILES string of the molecule is CC.CC(=O)CCOCCN(CCOCCC(=O)NCC(C)(C)COCC(C)(C)CN)CCOCCC(=O)NCC(C)(C)COCC(C)(C)CN. The number of carbonyl (C=O) groups is 3. The Kier molecular flexibility index (Phi) is 29.0. The van der Waals surface area contributed by atoms with E-state index in [9.17, 15) is 14.4 Å². The zero-order valence-corrected chi connectivity index (χ0v) is 34.5. The molecule has 0 aliphatic rings. The minimum absolute atomic E-state index is 0.0630. The van der Waals surface area contributed by atoms with E-state index in [2.05, 4.69) is 70.9 Å². The number of ether oxygens (including phenoxy) is 5. The van der Waals surface area contributed by atoms with Crippen LogP contribution in [0, 0.1) is 21.7 Å². The van der Waals surface area contributed by atoms with Crippen molar-refractivity contribution in [3.05, 3.63) is 0 Å². The van der Waals surface area contributed by atoms with E-state index in [1.54, 1.807) is 6.92 Å². The number of hydrogen-bond acceptors (Lipinski definition) is 11. The highest BCUT2D eigenvalue weighted by atomic mass is 16.5. The van der Waals surface area contributed by atoms with E-state index >= 15 is 0 Å². The molecular formula is C38H79N5O8. The fourth-order valence-electron chi connectivity index (χ4n) is 4.05. The molecule has 0 fully saturated rings. The van der Waals surface area contributed by atoms with E-state index < -0.39 is 0 Å². The van der Waals surface area contributed by atoms with Crippen molar-refractivity contribution < 1.29 is 38.1 Å². The number of nitrogens with zero attached hydrogens (tertiary/aromatic N) is 1. The van der Waals surface area contributed by atoms with Crippen LogP contribution in [0.25, 0.3) is 0 Å². The van der Waals surface area contributed by atoms with Gasteiger partial charge in [-0.25, -0.2) is 0 Å². The number of Topliss-reactive ketones (excluding diaryl/α,β-unsaturated/α-hetero) is 1. The van der Waals surface area contributed by atoms with Gasteiger partial charge in [0, 0.05) is 73.6 Å². The van der Waals surface area contributed by atoms with Crippen LogP contribution >= 0.6 is 0 Å². The fraction of sp³-hybridized carbons (Fsp3) is 0.921. The second-order valence-corrected chi connectivity index (χ2v) is 16.2. The maximum absolute atomic E-state index is 12.4. The first-order chi connectivity index (χ1) is 23.8. The normalized spacial score (nSPS) is 12.4. The van der Waals surface area contributed by atoms with Crippen LogP contribution in [0.3, 0.4) is 0 Å². The zero-order chi connectivity index (χ0) is 39.4. The molecule has 13 heteroatoms. The van der Waals surface area contributed by atoms with Gasteiger partial charge in [0.1, 0.15) is 5.78 Å². The number of rotatable bonds is 32. The molecule has 51 heavy (non-hydrogen) atoms. The van der Waals surface area contributed by atoms with Gasteiger partial charge < -0.3 is 45.8 Å². The summed E-state index contributed by atoms with van der Waals surface area (Å²) in [5.41, 5.74) is 11.0. The maximum atomic E-state index is 12.4. The number of hydrogen-bond donors (Lipinski definition) is 4. The molecule has 0 rings (SSSR count). The van der Waals surface area contributed by atoms with Crippen molar-refractivity contribution in [1.29, 1.82) is 0 Å². The van der Waals surface area contributed by atoms with Crippen molar-refractivity contribution in [2.24, 2.45) is 33.1 Å². The van der Waals surface area contributed by atoms with E-state index in [1.807, 2.05) is 13.8 Å². The van der Waals surface area contributed by atoms with Crippen molar-refractivity contribution >= 4 is 17.6 Å². The van der Waals surface area contributed by atoms with Crippen molar-refractivity contribution in [3.8, 4) is 0 Å². The maximum Gasteiger partial charge on any atom is 0.222 e.